The number of para-hydroxylation sites is 1. The molecule has 6 nitrogen and oxygen atoms in total. The molecular formula is C19H19N5O. The molecule has 0 atom stereocenters. The molecule has 2 aromatic heterocycles. The standard InChI is InChI=1S/C19H19N5O/c1-13(2)10-11-24-15-7-4-3-6-14(15)19-16(24)8-5-9-17(19)25-12-18-20-22-23-21-18/h3-10H,11-12H2,1-2H3,(H,20,21,22,23). The third kappa shape index (κ3) is 2.87. The van der Waals surface area contributed by atoms with Crippen LogP contribution < -0.4 is 4.74 Å². The van der Waals surface area contributed by atoms with Gasteiger partial charge in [-0.3, -0.25) is 0 Å². The van der Waals surface area contributed by atoms with Gasteiger partial charge in [0, 0.05) is 22.8 Å². The van der Waals surface area contributed by atoms with Crippen LogP contribution in [-0.4, -0.2) is 25.2 Å². The highest BCUT2D eigenvalue weighted by Crippen LogP contribution is 2.35. The van der Waals surface area contributed by atoms with Gasteiger partial charge in [0.25, 0.3) is 0 Å². The Morgan fingerprint density at radius 3 is 2.76 bits per heavy atom. The Bertz CT molecular complexity index is 1040. The van der Waals surface area contributed by atoms with Crippen LogP contribution in [0.1, 0.15) is 19.7 Å². The highest BCUT2D eigenvalue weighted by atomic mass is 16.5. The summed E-state index contributed by atoms with van der Waals surface area (Å²) in [4.78, 5) is 0. The van der Waals surface area contributed by atoms with Crippen molar-refractivity contribution in [3.8, 4) is 5.75 Å². The summed E-state index contributed by atoms with van der Waals surface area (Å²) < 4.78 is 8.32. The van der Waals surface area contributed by atoms with Gasteiger partial charge in [0.2, 0.25) is 5.82 Å². The minimum Gasteiger partial charge on any atom is -0.485 e. The van der Waals surface area contributed by atoms with E-state index in [-0.39, 0.29) is 6.61 Å². The van der Waals surface area contributed by atoms with Crippen LogP contribution in [0.25, 0.3) is 21.8 Å². The highest BCUT2D eigenvalue weighted by Gasteiger charge is 2.14. The number of tetrazole rings is 1. The van der Waals surface area contributed by atoms with Crippen LogP contribution in [-0.2, 0) is 13.2 Å². The van der Waals surface area contributed by atoms with E-state index in [1.807, 2.05) is 12.1 Å². The number of allylic oxidation sites excluding steroid dienone is 2. The number of hydrogen-bond donors (Lipinski definition) is 1. The van der Waals surface area contributed by atoms with E-state index in [0.717, 1.165) is 23.2 Å². The van der Waals surface area contributed by atoms with Gasteiger partial charge >= 0.3 is 0 Å². The van der Waals surface area contributed by atoms with Gasteiger partial charge in [-0.2, -0.15) is 5.21 Å². The van der Waals surface area contributed by atoms with Crippen molar-refractivity contribution in [2.75, 3.05) is 0 Å². The highest BCUT2D eigenvalue weighted by molar-refractivity contribution is 6.11. The van der Waals surface area contributed by atoms with Crippen molar-refractivity contribution in [3.05, 3.63) is 59.9 Å². The number of rotatable bonds is 5. The first-order valence-corrected chi connectivity index (χ1v) is 8.22. The van der Waals surface area contributed by atoms with Crippen molar-refractivity contribution < 1.29 is 4.74 Å². The predicted octanol–water partition coefficient (Wildman–Crippen LogP) is 3.85. The number of fused-ring (bicyclic) bond motifs is 3. The van der Waals surface area contributed by atoms with Crippen LogP contribution in [0.15, 0.2) is 54.1 Å². The van der Waals surface area contributed by atoms with Crippen LogP contribution in [0.4, 0.5) is 0 Å². The van der Waals surface area contributed by atoms with Gasteiger partial charge in [-0.15, -0.1) is 10.2 Å². The van der Waals surface area contributed by atoms with Crippen LogP contribution in [0.2, 0.25) is 0 Å². The second-order valence-electron chi connectivity index (χ2n) is 6.18. The molecule has 25 heavy (non-hydrogen) atoms. The SMILES string of the molecule is CC(C)=CCn1c2ccccc2c2c(OCc3nn[nH]n3)cccc21. The second kappa shape index (κ2) is 6.39. The zero-order valence-corrected chi connectivity index (χ0v) is 14.2. The fourth-order valence-electron chi connectivity index (χ4n) is 3.04. The molecule has 0 aliphatic rings. The topological polar surface area (TPSA) is 68.6 Å². The first-order chi connectivity index (χ1) is 12.2. The molecule has 0 radical (unpaired) electrons. The zero-order chi connectivity index (χ0) is 17.2. The molecule has 0 aliphatic heterocycles. The largest absolute Gasteiger partial charge is 0.485 e. The molecule has 1 N–H and O–H groups in total. The summed E-state index contributed by atoms with van der Waals surface area (Å²) in [5.41, 5.74) is 3.66. The second-order valence-corrected chi connectivity index (χ2v) is 6.18. The average Bonchev–Trinajstić information content (AvgIpc) is 3.24. The molecule has 0 spiro atoms. The lowest BCUT2D eigenvalue weighted by Gasteiger charge is -2.07. The quantitative estimate of drug-likeness (QED) is 0.563. The molecule has 4 rings (SSSR count). The van der Waals surface area contributed by atoms with E-state index < -0.39 is 0 Å². The molecule has 2 heterocycles. The number of nitrogens with one attached hydrogen (secondary N) is 1. The first kappa shape index (κ1) is 15.4. The maximum atomic E-state index is 6.00. The van der Waals surface area contributed by atoms with Crippen molar-refractivity contribution in [2.24, 2.45) is 0 Å². The minimum absolute atomic E-state index is 0.281. The molecule has 2 aromatic carbocycles. The number of aromatic nitrogens is 5. The molecule has 0 bridgehead atoms. The summed E-state index contributed by atoms with van der Waals surface area (Å²) in [5.74, 6) is 1.36. The summed E-state index contributed by atoms with van der Waals surface area (Å²) in [7, 11) is 0. The fraction of sp³-hybridized carbons (Fsp3) is 0.211. The lowest BCUT2D eigenvalue weighted by Crippen LogP contribution is -1.98. The van der Waals surface area contributed by atoms with Crippen LogP contribution in [0.3, 0.4) is 0 Å². The first-order valence-electron chi connectivity index (χ1n) is 8.22. The van der Waals surface area contributed by atoms with Gasteiger partial charge in [-0.05, 0) is 32.0 Å². The van der Waals surface area contributed by atoms with E-state index in [1.165, 1.54) is 16.5 Å². The zero-order valence-electron chi connectivity index (χ0n) is 14.2. The number of H-pyrrole nitrogens is 1. The van der Waals surface area contributed by atoms with Gasteiger partial charge in [-0.1, -0.05) is 41.1 Å². The van der Waals surface area contributed by atoms with E-state index in [1.54, 1.807) is 0 Å². The molecule has 4 aromatic rings. The Morgan fingerprint density at radius 1 is 1.12 bits per heavy atom. The van der Waals surface area contributed by atoms with Crippen molar-refractivity contribution >= 4 is 21.8 Å². The molecule has 0 aliphatic carbocycles. The average molecular weight is 333 g/mol. The molecule has 0 saturated heterocycles. The third-order valence-corrected chi connectivity index (χ3v) is 4.19. The molecule has 0 amide bonds. The molecule has 0 unspecified atom stereocenters. The Morgan fingerprint density at radius 2 is 1.96 bits per heavy atom. The summed E-state index contributed by atoms with van der Waals surface area (Å²) in [5, 5.41) is 16.2. The Balaban J connectivity index is 1.85. The van der Waals surface area contributed by atoms with Gasteiger partial charge in [0.15, 0.2) is 6.61 Å². The van der Waals surface area contributed by atoms with E-state index in [4.69, 9.17) is 4.74 Å². The lowest BCUT2D eigenvalue weighted by molar-refractivity contribution is 0.300. The molecule has 6 heteroatoms. The maximum Gasteiger partial charge on any atom is 0.211 e. The number of ether oxygens (including phenoxy) is 1. The van der Waals surface area contributed by atoms with Crippen molar-refractivity contribution in [1.82, 2.24) is 25.2 Å². The number of aromatic amines is 1. The normalized spacial score (nSPS) is 11.1. The lowest BCUT2D eigenvalue weighted by atomic mass is 10.1. The van der Waals surface area contributed by atoms with E-state index in [0.29, 0.717) is 5.82 Å². The van der Waals surface area contributed by atoms with Crippen LogP contribution in [0.5, 0.6) is 5.75 Å². The number of nitrogens with zero attached hydrogens (tertiary/aromatic N) is 4. The van der Waals surface area contributed by atoms with Gasteiger partial charge in [0.05, 0.1) is 5.52 Å². The minimum atomic E-state index is 0.281. The van der Waals surface area contributed by atoms with Crippen LogP contribution in [0, 0.1) is 0 Å². The number of benzene rings is 2. The Hall–Kier alpha value is -3.15. The fourth-order valence-corrected chi connectivity index (χ4v) is 3.04. The molecule has 126 valence electrons. The van der Waals surface area contributed by atoms with E-state index in [9.17, 15) is 0 Å². The van der Waals surface area contributed by atoms with E-state index >= 15 is 0 Å². The molecular weight excluding hydrogens is 314 g/mol. The number of hydrogen-bond acceptors (Lipinski definition) is 4. The summed E-state index contributed by atoms with van der Waals surface area (Å²) in [6.45, 7) is 5.35. The molecule has 0 fully saturated rings. The van der Waals surface area contributed by atoms with Crippen molar-refractivity contribution in [3.63, 3.8) is 0 Å². The summed E-state index contributed by atoms with van der Waals surface area (Å²) >= 11 is 0. The Labute approximate surface area is 145 Å². The van der Waals surface area contributed by atoms with Crippen molar-refractivity contribution in [2.45, 2.75) is 27.0 Å². The summed E-state index contributed by atoms with van der Waals surface area (Å²) in [6.07, 6.45) is 2.23. The van der Waals surface area contributed by atoms with Gasteiger partial charge in [-0.25, -0.2) is 0 Å². The third-order valence-electron chi connectivity index (χ3n) is 4.19. The predicted molar refractivity (Wildman–Crippen MR) is 97.4 cm³/mol. The van der Waals surface area contributed by atoms with Crippen LogP contribution >= 0.6 is 0 Å². The smallest absolute Gasteiger partial charge is 0.211 e. The summed E-state index contributed by atoms with van der Waals surface area (Å²) in [6, 6.07) is 14.6. The Kier molecular flexibility index (Phi) is 3.93. The van der Waals surface area contributed by atoms with Crippen molar-refractivity contribution in [1.29, 1.82) is 0 Å². The van der Waals surface area contributed by atoms with E-state index in [2.05, 4.69) is 75.4 Å². The monoisotopic (exact) mass is 333 g/mol. The van der Waals surface area contributed by atoms with Gasteiger partial charge < -0.3 is 9.30 Å². The molecule has 0 saturated carbocycles. The van der Waals surface area contributed by atoms with Gasteiger partial charge in [0.1, 0.15) is 5.75 Å². The maximum absolute atomic E-state index is 6.00.